The number of hydrogen-bond acceptors (Lipinski definition) is 4. The number of benzene rings is 1. The SMILES string of the molecule is CCCc1sc(NC(=O)c2cccs2)nc1-c1ccc(Br)cc1. The summed E-state index contributed by atoms with van der Waals surface area (Å²) in [4.78, 5) is 18.8. The van der Waals surface area contributed by atoms with Crippen LogP contribution in [0.1, 0.15) is 27.9 Å². The van der Waals surface area contributed by atoms with Crippen LogP contribution in [0.15, 0.2) is 46.3 Å². The lowest BCUT2D eigenvalue weighted by Crippen LogP contribution is -2.09. The number of thiophene rings is 1. The van der Waals surface area contributed by atoms with Crippen molar-refractivity contribution in [2.24, 2.45) is 0 Å². The van der Waals surface area contributed by atoms with E-state index in [2.05, 4.69) is 33.2 Å². The van der Waals surface area contributed by atoms with Crippen molar-refractivity contribution in [1.82, 2.24) is 4.98 Å². The second kappa shape index (κ2) is 7.38. The van der Waals surface area contributed by atoms with Gasteiger partial charge in [-0.1, -0.05) is 47.5 Å². The van der Waals surface area contributed by atoms with Crippen molar-refractivity contribution >= 4 is 49.6 Å². The van der Waals surface area contributed by atoms with Crippen molar-refractivity contribution in [3.05, 3.63) is 56.0 Å². The van der Waals surface area contributed by atoms with Crippen LogP contribution in [0.2, 0.25) is 0 Å². The van der Waals surface area contributed by atoms with Crippen LogP contribution in [-0.2, 0) is 6.42 Å². The lowest BCUT2D eigenvalue weighted by Gasteiger charge is -2.01. The van der Waals surface area contributed by atoms with E-state index in [0.29, 0.717) is 10.0 Å². The zero-order valence-electron chi connectivity index (χ0n) is 12.5. The topological polar surface area (TPSA) is 42.0 Å². The fourth-order valence-corrected chi connectivity index (χ4v) is 4.17. The van der Waals surface area contributed by atoms with E-state index in [-0.39, 0.29) is 5.91 Å². The first-order chi connectivity index (χ1) is 11.2. The van der Waals surface area contributed by atoms with E-state index in [1.54, 1.807) is 11.3 Å². The van der Waals surface area contributed by atoms with Gasteiger partial charge in [-0.2, -0.15) is 0 Å². The smallest absolute Gasteiger partial charge is 0.267 e. The van der Waals surface area contributed by atoms with E-state index < -0.39 is 0 Å². The second-order valence-corrected chi connectivity index (χ2v) is 7.93. The van der Waals surface area contributed by atoms with Crippen LogP contribution in [0.3, 0.4) is 0 Å². The third kappa shape index (κ3) is 3.88. The summed E-state index contributed by atoms with van der Waals surface area (Å²) in [5.74, 6) is -0.0980. The summed E-state index contributed by atoms with van der Waals surface area (Å²) in [5.41, 5.74) is 2.04. The molecule has 0 fully saturated rings. The van der Waals surface area contributed by atoms with Crippen molar-refractivity contribution < 1.29 is 4.79 Å². The molecular formula is C17H15BrN2OS2. The Morgan fingerprint density at radius 1 is 1.26 bits per heavy atom. The second-order valence-electron chi connectivity index (χ2n) is 4.98. The molecule has 3 rings (SSSR count). The monoisotopic (exact) mass is 406 g/mol. The minimum Gasteiger partial charge on any atom is -0.297 e. The molecule has 3 aromatic rings. The molecule has 2 aromatic heterocycles. The van der Waals surface area contributed by atoms with Crippen molar-refractivity contribution in [3.63, 3.8) is 0 Å². The van der Waals surface area contributed by atoms with E-state index in [9.17, 15) is 4.79 Å². The van der Waals surface area contributed by atoms with Gasteiger partial charge < -0.3 is 0 Å². The Morgan fingerprint density at radius 2 is 2.04 bits per heavy atom. The Labute approximate surface area is 151 Å². The molecule has 0 atom stereocenters. The van der Waals surface area contributed by atoms with Crippen LogP contribution in [0.25, 0.3) is 11.3 Å². The first-order valence-corrected chi connectivity index (χ1v) is 9.76. The lowest BCUT2D eigenvalue weighted by molar-refractivity contribution is 0.103. The molecule has 0 aliphatic rings. The molecule has 0 unspecified atom stereocenters. The fraction of sp³-hybridized carbons (Fsp3) is 0.176. The molecule has 0 spiro atoms. The summed E-state index contributed by atoms with van der Waals surface area (Å²) in [6, 6.07) is 11.8. The van der Waals surface area contributed by atoms with Gasteiger partial charge in [0, 0.05) is 14.9 Å². The third-order valence-corrected chi connectivity index (χ3v) is 5.69. The maximum Gasteiger partial charge on any atom is 0.267 e. The normalized spacial score (nSPS) is 10.7. The number of aromatic nitrogens is 1. The molecule has 1 amide bonds. The molecule has 0 aliphatic heterocycles. The number of halogens is 1. The molecule has 0 saturated heterocycles. The Balaban J connectivity index is 1.89. The van der Waals surface area contributed by atoms with Gasteiger partial charge in [0.15, 0.2) is 5.13 Å². The summed E-state index contributed by atoms with van der Waals surface area (Å²) >= 11 is 6.44. The number of aryl methyl sites for hydroxylation is 1. The summed E-state index contributed by atoms with van der Waals surface area (Å²) in [5, 5.41) is 5.47. The number of carbonyl (C=O) groups is 1. The molecule has 0 bridgehead atoms. The van der Waals surface area contributed by atoms with Gasteiger partial charge in [0.05, 0.1) is 10.6 Å². The van der Waals surface area contributed by atoms with Gasteiger partial charge in [-0.25, -0.2) is 4.98 Å². The average molecular weight is 407 g/mol. The van der Waals surface area contributed by atoms with Gasteiger partial charge >= 0.3 is 0 Å². The quantitative estimate of drug-likeness (QED) is 0.578. The lowest BCUT2D eigenvalue weighted by atomic mass is 10.1. The van der Waals surface area contributed by atoms with Crippen LogP contribution in [0.5, 0.6) is 0 Å². The zero-order chi connectivity index (χ0) is 16.2. The molecule has 23 heavy (non-hydrogen) atoms. The summed E-state index contributed by atoms with van der Waals surface area (Å²) < 4.78 is 1.04. The minimum atomic E-state index is -0.0980. The van der Waals surface area contributed by atoms with Gasteiger partial charge in [-0.3, -0.25) is 10.1 Å². The van der Waals surface area contributed by atoms with E-state index in [4.69, 9.17) is 0 Å². The van der Waals surface area contributed by atoms with Crippen molar-refractivity contribution in [1.29, 1.82) is 0 Å². The highest BCUT2D eigenvalue weighted by molar-refractivity contribution is 9.10. The number of anilines is 1. The molecule has 118 valence electrons. The number of carbonyl (C=O) groups excluding carboxylic acids is 1. The van der Waals surface area contributed by atoms with Gasteiger partial charge in [-0.15, -0.1) is 22.7 Å². The average Bonchev–Trinajstić information content (AvgIpc) is 3.19. The molecule has 6 heteroatoms. The summed E-state index contributed by atoms with van der Waals surface area (Å²) in [6.07, 6.45) is 2.00. The Bertz CT molecular complexity index is 795. The minimum absolute atomic E-state index is 0.0980. The van der Waals surface area contributed by atoms with Gasteiger partial charge in [-0.05, 0) is 30.0 Å². The maximum atomic E-state index is 12.2. The highest BCUT2D eigenvalue weighted by Gasteiger charge is 2.15. The van der Waals surface area contributed by atoms with Crippen LogP contribution in [0, 0.1) is 0 Å². The molecule has 0 saturated carbocycles. The molecule has 1 N–H and O–H groups in total. The Morgan fingerprint density at radius 3 is 2.70 bits per heavy atom. The van der Waals surface area contributed by atoms with Crippen molar-refractivity contribution in [3.8, 4) is 11.3 Å². The highest BCUT2D eigenvalue weighted by atomic mass is 79.9. The first-order valence-electron chi connectivity index (χ1n) is 7.28. The molecule has 1 aromatic carbocycles. The Hall–Kier alpha value is -1.50. The summed E-state index contributed by atoms with van der Waals surface area (Å²) in [6.45, 7) is 2.15. The van der Waals surface area contributed by atoms with E-state index in [0.717, 1.165) is 28.6 Å². The molecule has 0 radical (unpaired) electrons. The number of nitrogens with one attached hydrogen (secondary N) is 1. The predicted octanol–water partition coefficient (Wildman–Crippen LogP) is 5.84. The van der Waals surface area contributed by atoms with E-state index >= 15 is 0 Å². The van der Waals surface area contributed by atoms with Crippen molar-refractivity contribution in [2.75, 3.05) is 5.32 Å². The largest absolute Gasteiger partial charge is 0.297 e. The number of nitrogens with zero attached hydrogens (tertiary/aromatic N) is 1. The predicted molar refractivity (Wildman–Crippen MR) is 102 cm³/mol. The molecular weight excluding hydrogens is 392 g/mol. The van der Waals surface area contributed by atoms with Gasteiger partial charge in [0.2, 0.25) is 0 Å². The number of hydrogen-bond donors (Lipinski definition) is 1. The Kier molecular flexibility index (Phi) is 5.25. The third-order valence-electron chi connectivity index (χ3n) is 3.26. The van der Waals surface area contributed by atoms with E-state index in [1.165, 1.54) is 16.2 Å². The molecule has 0 aliphatic carbocycles. The van der Waals surface area contributed by atoms with Gasteiger partial charge in [0.25, 0.3) is 5.91 Å². The summed E-state index contributed by atoms with van der Waals surface area (Å²) in [7, 11) is 0. The van der Waals surface area contributed by atoms with E-state index in [1.807, 2.05) is 41.8 Å². The number of thiazole rings is 1. The fourth-order valence-electron chi connectivity index (χ4n) is 2.20. The molecule has 2 heterocycles. The number of rotatable bonds is 5. The standard InChI is InChI=1S/C17H15BrN2OS2/c1-2-4-13-15(11-6-8-12(18)9-7-11)19-17(23-13)20-16(21)14-5-3-10-22-14/h3,5-10H,2,4H2,1H3,(H,19,20,21). The van der Waals surface area contributed by atoms with Gasteiger partial charge in [0.1, 0.15) is 0 Å². The first kappa shape index (κ1) is 16.4. The van der Waals surface area contributed by atoms with Crippen LogP contribution < -0.4 is 5.32 Å². The van der Waals surface area contributed by atoms with Crippen molar-refractivity contribution in [2.45, 2.75) is 19.8 Å². The highest BCUT2D eigenvalue weighted by Crippen LogP contribution is 2.33. The molecule has 3 nitrogen and oxygen atoms in total. The maximum absolute atomic E-state index is 12.2. The number of amides is 1. The van der Waals surface area contributed by atoms with Crippen LogP contribution in [0.4, 0.5) is 5.13 Å². The van der Waals surface area contributed by atoms with Crippen LogP contribution >= 0.6 is 38.6 Å². The zero-order valence-corrected chi connectivity index (χ0v) is 15.7. The van der Waals surface area contributed by atoms with Crippen LogP contribution in [-0.4, -0.2) is 10.9 Å².